The Morgan fingerprint density at radius 3 is 2.50 bits per heavy atom. The van der Waals surface area contributed by atoms with E-state index in [9.17, 15) is 10.1 Å². The molecule has 1 amide bonds. The average molecular weight is 426 g/mol. The number of carbonyl (C=O) groups excluding carboxylic acids is 1. The standard InChI is InChI=1S/C24H22N6O2/c1-32-22-16(13-25)9-12-28-23(22)30-17-7-8-18(30)15-29(14-17)24(31)19-5-4-11-27-21(19)20-6-2-3-10-26-20/h2-6,9-12,17-18H,7-8,14-15H2,1H3. The number of amides is 1. The molecule has 2 aliphatic heterocycles. The number of nitrogens with zero attached hydrogens (tertiary/aromatic N) is 6. The Balaban J connectivity index is 1.43. The Morgan fingerprint density at radius 1 is 1.03 bits per heavy atom. The molecule has 32 heavy (non-hydrogen) atoms. The molecular formula is C24H22N6O2. The van der Waals surface area contributed by atoms with Gasteiger partial charge in [0.25, 0.3) is 5.91 Å². The largest absolute Gasteiger partial charge is 0.492 e. The molecule has 3 aromatic heterocycles. The Bertz CT molecular complexity index is 1180. The summed E-state index contributed by atoms with van der Waals surface area (Å²) in [4.78, 5) is 31.0. The zero-order chi connectivity index (χ0) is 22.1. The number of methoxy groups -OCH3 is 1. The lowest BCUT2D eigenvalue weighted by atomic mass is 10.1. The molecule has 5 heterocycles. The maximum absolute atomic E-state index is 13.5. The van der Waals surface area contributed by atoms with Crippen LogP contribution in [0.1, 0.15) is 28.8 Å². The zero-order valence-electron chi connectivity index (χ0n) is 17.7. The number of likely N-dealkylation sites (tertiary alicyclic amines) is 1. The van der Waals surface area contributed by atoms with Crippen LogP contribution in [0.3, 0.4) is 0 Å². The van der Waals surface area contributed by atoms with Gasteiger partial charge in [0.05, 0.1) is 23.9 Å². The molecule has 2 unspecified atom stereocenters. The minimum absolute atomic E-state index is 0.0407. The molecule has 5 rings (SSSR count). The Morgan fingerprint density at radius 2 is 1.81 bits per heavy atom. The molecule has 0 aliphatic carbocycles. The highest BCUT2D eigenvalue weighted by Gasteiger charge is 2.43. The summed E-state index contributed by atoms with van der Waals surface area (Å²) >= 11 is 0. The van der Waals surface area contributed by atoms with E-state index in [-0.39, 0.29) is 18.0 Å². The molecule has 2 aliphatic rings. The van der Waals surface area contributed by atoms with Crippen molar-refractivity contribution in [3.05, 3.63) is 66.1 Å². The van der Waals surface area contributed by atoms with Gasteiger partial charge in [-0.3, -0.25) is 14.8 Å². The van der Waals surface area contributed by atoms with Crippen LogP contribution in [0.4, 0.5) is 5.82 Å². The van der Waals surface area contributed by atoms with E-state index >= 15 is 0 Å². The molecule has 3 aromatic rings. The van der Waals surface area contributed by atoms with Gasteiger partial charge < -0.3 is 14.5 Å². The van der Waals surface area contributed by atoms with E-state index in [1.165, 1.54) is 0 Å². The number of hydrogen-bond acceptors (Lipinski definition) is 7. The van der Waals surface area contributed by atoms with Gasteiger partial charge in [-0.1, -0.05) is 6.07 Å². The number of ether oxygens (including phenoxy) is 1. The van der Waals surface area contributed by atoms with Crippen molar-refractivity contribution in [3.63, 3.8) is 0 Å². The Labute approximate surface area is 186 Å². The van der Waals surface area contributed by atoms with Crippen molar-refractivity contribution in [1.82, 2.24) is 19.9 Å². The van der Waals surface area contributed by atoms with Crippen LogP contribution in [0.2, 0.25) is 0 Å². The summed E-state index contributed by atoms with van der Waals surface area (Å²) in [5, 5.41) is 9.44. The first-order valence-electron chi connectivity index (χ1n) is 10.6. The van der Waals surface area contributed by atoms with Gasteiger partial charge in [-0.15, -0.1) is 0 Å². The summed E-state index contributed by atoms with van der Waals surface area (Å²) < 4.78 is 5.53. The molecule has 0 spiro atoms. The minimum atomic E-state index is -0.0407. The van der Waals surface area contributed by atoms with E-state index in [2.05, 4.69) is 25.9 Å². The molecule has 2 saturated heterocycles. The summed E-state index contributed by atoms with van der Waals surface area (Å²) in [5.41, 5.74) is 2.30. The fourth-order valence-corrected chi connectivity index (χ4v) is 4.78. The van der Waals surface area contributed by atoms with E-state index in [1.807, 2.05) is 29.2 Å². The number of aromatic nitrogens is 3. The molecule has 2 atom stereocenters. The number of pyridine rings is 3. The lowest BCUT2D eigenvalue weighted by Crippen LogP contribution is -2.56. The van der Waals surface area contributed by atoms with Crippen molar-refractivity contribution in [2.24, 2.45) is 0 Å². The third-order valence-electron chi connectivity index (χ3n) is 6.17. The van der Waals surface area contributed by atoms with Crippen molar-refractivity contribution < 1.29 is 9.53 Å². The molecule has 0 aromatic carbocycles. The average Bonchev–Trinajstić information content (AvgIpc) is 3.12. The predicted octanol–water partition coefficient (Wildman–Crippen LogP) is 2.91. The highest BCUT2D eigenvalue weighted by Crippen LogP contribution is 2.40. The number of hydrogen-bond donors (Lipinski definition) is 0. The Hall–Kier alpha value is -3.99. The third-order valence-corrected chi connectivity index (χ3v) is 6.17. The summed E-state index contributed by atoms with van der Waals surface area (Å²) in [6.07, 6.45) is 6.93. The van der Waals surface area contributed by atoms with Crippen molar-refractivity contribution in [2.75, 3.05) is 25.1 Å². The van der Waals surface area contributed by atoms with Crippen molar-refractivity contribution >= 4 is 11.7 Å². The van der Waals surface area contributed by atoms with E-state index < -0.39 is 0 Å². The second-order valence-electron chi connectivity index (χ2n) is 7.94. The fourth-order valence-electron chi connectivity index (χ4n) is 4.78. The molecular weight excluding hydrogens is 404 g/mol. The number of anilines is 1. The molecule has 0 saturated carbocycles. The monoisotopic (exact) mass is 426 g/mol. The van der Waals surface area contributed by atoms with Crippen molar-refractivity contribution in [1.29, 1.82) is 5.26 Å². The van der Waals surface area contributed by atoms with Crippen LogP contribution in [0.15, 0.2) is 55.0 Å². The van der Waals surface area contributed by atoms with Gasteiger partial charge in [-0.05, 0) is 43.2 Å². The van der Waals surface area contributed by atoms with E-state index in [0.29, 0.717) is 47.2 Å². The van der Waals surface area contributed by atoms with Crippen LogP contribution in [0.5, 0.6) is 5.75 Å². The normalized spacial score (nSPS) is 19.5. The second kappa shape index (κ2) is 8.27. The first-order chi connectivity index (χ1) is 15.7. The van der Waals surface area contributed by atoms with Gasteiger partial charge in [-0.2, -0.15) is 5.26 Å². The van der Waals surface area contributed by atoms with Gasteiger partial charge in [0, 0.05) is 43.8 Å². The van der Waals surface area contributed by atoms with Gasteiger partial charge in [0.1, 0.15) is 11.8 Å². The van der Waals surface area contributed by atoms with E-state index in [0.717, 1.165) is 12.8 Å². The van der Waals surface area contributed by atoms with Crippen molar-refractivity contribution in [2.45, 2.75) is 24.9 Å². The number of carbonyl (C=O) groups is 1. The van der Waals surface area contributed by atoms with Crippen LogP contribution in [-0.4, -0.2) is 58.0 Å². The van der Waals surface area contributed by atoms with Gasteiger partial charge >= 0.3 is 0 Å². The minimum Gasteiger partial charge on any atom is -0.492 e. The molecule has 2 bridgehead atoms. The summed E-state index contributed by atoms with van der Waals surface area (Å²) in [5.74, 6) is 1.14. The van der Waals surface area contributed by atoms with Crippen LogP contribution < -0.4 is 9.64 Å². The highest BCUT2D eigenvalue weighted by atomic mass is 16.5. The van der Waals surface area contributed by atoms with Gasteiger partial charge in [-0.25, -0.2) is 4.98 Å². The molecule has 0 radical (unpaired) electrons. The summed E-state index contributed by atoms with van der Waals surface area (Å²) in [7, 11) is 1.56. The molecule has 8 heteroatoms. The van der Waals surface area contributed by atoms with Gasteiger partial charge in [0.2, 0.25) is 0 Å². The SMILES string of the molecule is COc1c(C#N)ccnc1N1C2CCC1CN(C(=O)c1cccnc1-c1ccccn1)C2. The van der Waals surface area contributed by atoms with Crippen LogP contribution in [0.25, 0.3) is 11.4 Å². The quantitative estimate of drug-likeness (QED) is 0.633. The maximum Gasteiger partial charge on any atom is 0.256 e. The molecule has 160 valence electrons. The summed E-state index contributed by atoms with van der Waals surface area (Å²) in [6.45, 7) is 1.15. The zero-order valence-corrected chi connectivity index (χ0v) is 17.7. The maximum atomic E-state index is 13.5. The van der Waals surface area contributed by atoms with Gasteiger partial charge in [0.15, 0.2) is 11.6 Å². The molecule has 8 nitrogen and oxygen atoms in total. The number of nitriles is 1. The van der Waals surface area contributed by atoms with Crippen LogP contribution >= 0.6 is 0 Å². The topological polar surface area (TPSA) is 95.2 Å². The molecule has 2 fully saturated rings. The predicted molar refractivity (Wildman–Crippen MR) is 118 cm³/mol. The number of fused-ring (bicyclic) bond motifs is 2. The first-order valence-corrected chi connectivity index (χ1v) is 10.6. The lowest BCUT2D eigenvalue weighted by Gasteiger charge is -2.42. The molecule has 0 N–H and O–H groups in total. The smallest absolute Gasteiger partial charge is 0.256 e. The highest BCUT2D eigenvalue weighted by molar-refractivity contribution is 5.99. The van der Waals surface area contributed by atoms with Crippen LogP contribution in [-0.2, 0) is 0 Å². The fraction of sp³-hybridized carbons (Fsp3) is 0.292. The lowest BCUT2D eigenvalue weighted by molar-refractivity contribution is 0.0717. The summed E-state index contributed by atoms with van der Waals surface area (Å²) in [6, 6.07) is 13.3. The third kappa shape index (κ3) is 3.32. The van der Waals surface area contributed by atoms with E-state index in [1.54, 1.807) is 37.8 Å². The number of rotatable bonds is 4. The number of piperazine rings is 1. The van der Waals surface area contributed by atoms with Crippen LogP contribution in [0, 0.1) is 11.3 Å². The Kier molecular flexibility index (Phi) is 5.15. The second-order valence-corrected chi connectivity index (χ2v) is 7.94. The van der Waals surface area contributed by atoms with E-state index in [4.69, 9.17) is 4.74 Å². The first kappa shape index (κ1) is 19.9. The van der Waals surface area contributed by atoms with Crippen molar-refractivity contribution in [3.8, 4) is 23.2 Å².